The summed E-state index contributed by atoms with van der Waals surface area (Å²) in [5.74, 6) is 0.687. The number of rotatable bonds is 6. The number of piperidine rings is 1. The third-order valence-electron chi connectivity index (χ3n) is 4.23. The van der Waals surface area contributed by atoms with Crippen LogP contribution in [0.3, 0.4) is 0 Å². The molecule has 17 heavy (non-hydrogen) atoms. The molecule has 3 nitrogen and oxygen atoms in total. The third kappa shape index (κ3) is 4.23. The lowest BCUT2D eigenvalue weighted by Crippen LogP contribution is -2.49. The zero-order chi connectivity index (χ0) is 12.9. The number of likely N-dealkylation sites (tertiary alicyclic amines) is 1. The molecular formula is C14H30N2O. The topological polar surface area (TPSA) is 38.5 Å². The van der Waals surface area contributed by atoms with Crippen molar-refractivity contribution in [3.63, 3.8) is 0 Å². The van der Waals surface area contributed by atoms with Gasteiger partial charge in [0.2, 0.25) is 0 Å². The van der Waals surface area contributed by atoms with Crippen LogP contribution >= 0.6 is 0 Å². The summed E-state index contributed by atoms with van der Waals surface area (Å²) < 4.78 is 5.57. The normalized spacial score (nSPS) is 30.2. The molecule has 0 saturated carbocycles. The molecule has 102 valence electrons. The summed E-state index contributed by atoms with van der Waals surface area (Å²) in [5.41, 5.74) is 6.22. The van der Waals surface area contributed by atoms with Gasteiger partial charge in [-0.05, 0) is 37.3 Å². The summed E-state index contributed by atoms with van der Waals surface area (Å²) in [5, 5.41) is 0. The molecule has 1 fully saturated rings. The molecule has 3 unspecified atom stereocenters. The Hall–Kier alpha value is -0.120. The van der Waals surface area contributed by atoms with Crippen molar-refractivity contribution in [1.29, 1.82) is 0 Å². The largest absolute Gasteiger partial charge is 0.380 e. The fourth-order valence-corrected chi connectivity index (χ4v) is 2.94. The first-order valence-electron chi connectivity index (χ1n) is 7.00. The fourth-order valence-electron chi connectivity index (χ4n) is 2.94. The lowest BCUT2D eigenvalue weighted by molar-refractivity contribution is -0.0165. The van der Waals surface area contributed by atoms with Crippen LogP contribution in [0, 0.1) is 11.3 Å². The van der Waals surface area contributed by atoms with Crippen molar-refractivity contribution < 1.29 is 4.74 Å². The van der Waals surface area contributed by atoms with E-state index in [4.69, 9.17) is 10.5 Å². The first-order valence-corrected chi connectivity index (χ1v) is 7.00. The Morgan fingerprint density at radius 3 is 2.71 bits per heavy atom. The molecule has 1 heterocycles. The van der Waals surface area contributed by atoms with Crippen molar-refractivity contribution in [3.8, 4) is 0 Å². The SMILES string of the molecule is CCCC(C)(CN)CN1CCC(C)C(OC)C1. The minimum absolute atomic E-state index is 0.271. The van der Waals surface area contributed by atoms with E-state index in [9.17, 15) is 0 Å². The van der Waals surface area contributed by atoms with E-state index in [2.05, 4.69) is 25.7 Å². The van der Waals surface area contributed by atoms with Gasteiger partial charge in [0.25, 0.3) is 0 Å². The van der Waals surface area contributed by atoms with Crippen molar-refractivity contribution in [2.45, 2.75) is 46.1 Å². The minimum Gasteiger partial charge on any atom is -0.380 e. The first kappa shape index (κ1) is 14.9. The summed E-state index contributed by atoms with van der Waals surface area (Å²) in [6, 6.07) is 0. The number of hydrogen-bond donors (Lipinski definition) is 1. The number of hydrogen-bond acceptors (Lipinski definition) is 3. The van der Waals surface area contributed by atoms with E-state index in [0.29, 0.717) is 12.0 Å². The molecule has 3 heteroatoms. The van der Waals surface area contributed by atoms with Crippen LogP contribution in [0.5, 0.6) is 0 Å². The number of nitrogens with two attached hydrogens (primary N) is 1. The second kappa shape index (κ2) is 6.72. The number of ether oxygens (including phenoxy) is 1. The summed E-state index contributed by atoms with van der Waals surface area (Å²) in [7, 11) is 1.83. The van der Waals surface area contributed by atoms with E-state index in [1.165, 1.54) is 25.8 Å². The van der Waals surface area contributed by atoms with Crippen LogP contribution in [0.25, 0.3) is 0 Å². The Kier molecular flexibility index (Phi) is 5.90. The highest BCUT2D eigenvalue weighted by atomic mass is 16.5. The van der Waals surface area contributed by atoms with Crippen LogP contribution < -0.4 is 5.73 Å². The van der Waals surface area contributed by atoms with Gasteiger partial charge >= 0.3 is 0 Å². The fraction of sp³-hybridized carbons (Fsp3) is 1.00. The molecule has 1 rings (SSSR count). The highest BCUT2D eigenvalue weighted by Crippen LogP contribution is 2.27. The van der Waals surface area contributed by atoms with Crippen LogP contribution in [-0.2, 0) is 4.74 Å². The molecule has 1 saturated heterocycles. The summed E-state index contributed by atoms with van der Waals surface area (Å²) in [6.45, 7) is 11.0. The van der Waals surface area contributed by atoms with Crippen LogP contribution in [0.15, 0.2) is 0 Å². The zero-order valence-corrected chi connectivity index (χ0v) is 12.0. The molecule has 0 amide bonds. The molecule has 0 aliphatic carbocycles. The third-order valence-corrected chi connectivity index (χ3v) is 4.23. The molecule has 0 bridgehead atoms. The van der Waals surface area contributed by atoms with E-state index in [1.807, 2.05) is 7.11 Å². The standard InChI is InChI=1S/C14H30N2O/c1-5-7-14(3,10-15)11-16-8-6-12(2)13(9-16)17-4/h12-13H,5-11,15H2,1-4H3. The van der Waals surface area contributed by atoms with Crippen molar-refractivity contribution in [1.82, 2.24) is 4.90 Å². The lowest BCUT2D eigenvalue weighted by atomic mass is 9.84. The molecular weight excluding hydrogens is 212 g/mol. The first-order chi connectivity index (χ1) is 8.04. The Bertz CT molecular complexity index is 222. The monoisotopic (exact) mass is 242 g/mol. The van der Waals surface area contributed by atoms with Crippen LogP contribution in [0.1, 0.15) is 40.0 Å². The van der Waals surface area contributed by atoms with E-state index >= 15 is 0 Å². The average Bonchev–Trinajstić information content (AvgIpc) is 2.32. The molecule has 1 aliphatic rings. The predicted molar refractivity (Wildman–Crippen MR) is 73.1 cm³/mol. The maximum Gasteiger partial charge on any atom is 0.0724 e. The van der Waals surface area contributed by atoms with Crippen molar-refractivity contribution in [2.24, 2.45) is 17.1 Å². The van der Waals surface area contributed by atoms with Crippen LogP contribution in [0.2, 0.25) is 0 Å². The van der Waals surface area contributed by atoms with Gasteiger partial charge in [-0.25, -0.2) is 0 Å². The van der Waals surface area contributed by atoms with Crippen LogP contribution in [-0.4, -0.2) is 44.3 Å². The van der Waals surface area contributed by atoms with Gasteiger partial charge in [0.1, 0.15) is 0 Å². The van der Waals surface area contributed by atoms with Gasteiger partial charge in [-0.15, -0.1) is 0 Å². The lowest BCUT2D eigenvalue weighted by Gasteiger charge is -2.41. The van der Waals surface area contributed by atoms with Gasteiger partial charge in [0.15, 0.2) is 0 Å². The van der Waals surface area contributed by atoms with Crippen molar-refractivity contribution in [3.05, 3.63) is 0 Å². The summed E-state index contributed by atoms with van der Waals surface area (Å²) in [6.07, 6.45) is 4.07. The molecule has 2 N–H and O–H groups in total. The Balaban J connectivity index is 2.50. The zero-order valence-electron chi connectivity index (χ0n) is 12.0. The summed E-state index contributed by atoms with van der Waals surface area (Å²) >= 11 is 0. The van der Waals surface area contributed by atoms with Gasteiger partial charge in [0.05, 0.1) is 6.10 Å². The smallest absolute Gasteiger partial charge is 0.0724 e. The Morgan fingerprint density at radius 1 is 1.47 bits per heavy atom. The highest BCUT2D eigenvalue weighted by molar-refractivity contribution is 4.84. The maximum atomic E-state index is 5.95. The maximum absolute atomic E-state index is 5.95. The number of nitrogens with zero attached hydrogens (tertiary/aromatic N) is 1. The van der Waals surface area contributed by atoms with E-state index in [-0.39, 0.29) is 5.41 Å². The second-order valence-corrected chi connectivity index (χ2v) is 6.04. The molecule has 1 aliphatic heterocycles. The minimum atomic E-state index is 0.271. The Labute approximate surface area is 107 Å². The molecule has 0 aromatic carbocycles. The summed E-state index contributed by atoms with van der Waals surface area (Å²) in [4.78, 5) is 2.54. The van der Waals surface area contributed by atoms with E-state index in [1.54, 1.807) is 0 Å². The second-order valence-electron chi connectivity index (χ2n) is 6.04. The molecule has 0 aromatic rings. The molecule has 0 radical (unpaired) electrons. The van der Waals surface area contributed by atoms with Crippen LogP contribution in [0.4, 0.5) is 0 Å². The average molecular weight is 242 g/mol. The molecule has 0 aromatic heterocycles. The van der Waals surface area contributed by atoms with Gasteiger partial charge < -0.3 is 15.4 Å². The van der Waals surface area contributed by atoms with Crippen molar-refractivity contribution >= 4 is 0 Å². The van der Waals surface area contributed by atoms with Gasteiger partial charge in [-0.3, -0.25) is 0 Å². The molecule has 0 spiro atoms. The Morgan fingerprint density at radius 2 is 2.18 bits per heavy atom. The van der Waals surface area contributed by atoms with E-state index < -0.39 is 0 Å². The van der Waals surface area contributed by atoms with Crippen molar-refractivity contribution in [2.75, 3.05) is 33.3 Å². The predicted octanol–water partition coefficient (Wildman–Crippen LogP) is 2.11. The number of methoxy groups -OCH3 is 1. The quantitative estimate of drug-likeness (QED) is 0.775. The highest BCUT2D eigenvalue weighted by Gasteiger charge is 2.30. The van der Waals surface area contributed by atoms with Gasteiger partial charge in [0, 0.05) is 20.2 Å². The van der Waals surface area contributed by atoms with Gasteiger partial charge in [-0.2, -0.15) is 0 Å². The van der Waals surface area contributed by atoms with Gasteiger partial charge in [-0.1, -0.05) is 27.2 Å². The van der Waals surface area contributed by atoms with E-state index in [0.717, 1.165) is 19.6 Å². The molecule has 3 atom stereocenters.